The molecule has 0 unspecified atom stereocenters. The summed E-state index contributed by atoms with van der Waals surface area (Å²) >= 11 is 0. The van der Waals surface area contributed by atoms with Crippen molar-refractivity contribution in [3.63, 3.8) is 0 Å². The Hall–Kier alpha value is -2.95. The Balaban J connectivity index is 2.06. The average molecular weight is 427 g/mol. The van der Waals surface area contributed by atoms with Crippen molar-refractivity contribution in [2.45, 2.75) is 31.6 Å². The van der Waals surface area contributed by atoms with E-state index in [0.717, 1.165) is 5.56 Å². The molecular weight excluding hydrogens is 400 g/mol. The zero-order valence-electron chi connectivity index (χ0n) is 17.2. The number of ketones is 1. The van der Waals surface area contributed by atoms with Crippen LogP contribution < -0.4 is 4.74 Å². The predicted molar refractivity (Wildman–Crippen MR) is 117 cm³/mol. The maximum absolute atomic E-state index is 12.5. The maximum Gasteiger partial charge on any atom is 0.243 e. The van der Waals surface area contributed by atoms with Gasteiger partial charge >= 0.3 is 0 Å². The Labute approximate surface area is 178 Å². The molecule has 0 aliphatic rings. The highest BCUT2D eigenvalue weighted by Gasteiger charge is 2.21. The third kappa shape index (κ3) is 6.28. The number of carbonyl (C=O) groups excluding carboxylic acids is 1. The number of ether oxygens (including phenoxy) is 1. The van der Waals surface area contributed by atoms with E-state index in [-0.39, 0.29) is 10.7 Å². The van der Waals surface area contributed by atoms with Gasteiger partial charge in [0, 0.05) is 25.1 Å². The molecule has 0 heterocycles. The number of carbonyl (C=O) groups is 1. The third-order valence-electron chi connectivity index (χ3n) is 4.47. The van der Waals surface area contributed by atoms with Crippen LogP contribution in [0.2, 0.25) is 0 Å². The summed E-state index contributed by atoms with van der Waals surface area (Å²) in [5, 5.41) is 8.55. The topological polar surface area (TPSA) is 87.5 Å². The first-order valence-electron chi connectivity index (χ1n) is 9.84. The molecule has 0 atom stereocenters. The molecule has 30 heavy (non-hydrogen) atoms. The van der Waals surface area contributed by atoms with Gasteiger partial charge in [0.2, 0.25) is 10.0 Å². The molecule has 0 aliphatic carbocycles. The number of rotatable bonds is 11. The molecule has 158 valence electrons. The highest BCUT2D eigenvalue weighted by atomic mass is 32.2. The van der Waals surface area contributed by atoms with Crippen LogP contribution in [0.4, 0.5) is 0 Å². The van der Waals surface area contributed by atoms with Crippen LogP contribution in [0.15, 0.2) is 59.5 Å². The molecule has 0 radical (unpaired) electrons. The Morgan fingerprint density at radius 1 is 1.13 bits per heavy atom. The molecule has 7 heteroatoms. The summed E-state index contributed by atoms with van der Waals surface area (Å²) < 4.78 is 32.0. The fraction of sp³-hybridized carbons (Fsp3) is 0.304. The van der Waals surface area contributed by atoms with E-state index in [4.69, 9.17) is 10.00 Å². The summed E-state index contributed by atoms with van der Waals surface area (Å²) in [7, 11) is -3.54. The summed E-state index contributed by atoms with van der Waals surface area (Å²) in [5.41, 5.74) is 1.22. The second-order valence-electron chi connectivity index (χ2n) is 6.49. The number of allylic oxidation sites excluding steroid dienone is 1. The van der Waals surface area contributed by atoms with Gasteiger partial charge in [-0.2, -0.15) is 9.57 Å². The van der Waals surface area contributed by atoms with E-state index in [2.05, 4.69) is 6.07 Å². The van der Waals surface area contributed by atoms with Crippen molar-refractivity contribution < 1.29 is 17.9 Å². The molecule has 0 fully saturated rings. The number of nitrogens with zero attached hydrogens (tertiary/aromatic N) is 2. The van der Waals surface area contributed by atoms with Crippen LogP contribution in [-0.4, -0.2) is 38.2 Å². The molecule has 0 amide bonds. The lowest BCUT2D eigenvalue weighted by atomic mass is 10.1. The molecular formula is C23H26N2O4S. The van der Waals surface area contributed by atoms with Crippen molar-refractivity contribution in [2.24, 2.45) is 0 Å². The number of sulfonamides is 1. The van der Waals surface area contributed by atoms with E-state index in [0.29, 0.717) is 43.9 Å². The maximum atomic E-state index is 12.5. The van der Waals surface area contributed by atoms with Gasteiger partial charge in [0.25, 0.3) is 0 Å². The second-order valence-corrected chi connectivity index (χ2v) is 8.43. The Morgan fingerprint density at radius 2 is 1.83 bits per heavy atom. The highest BCUT2D eigenvalue weighted by Crippen LogP contribution is 2.18. The Morgan fingerprint density at radius 3 is 2.47 bits per heavy atom. The zero-order chi connectivity index (χ0) is 22.0. The summed E-state index contributed by atoms with van der Waals surface area (Å²) in [4.78, 5) is 12.6. The minimum Gasteiger partial charge on any atom is -0.494 e. The predicted octanol–water partition coefficient (Wildman–Crippen LogP) is 4.30. The first-order valence-corrected chi connectivity index (χ1v) is 11.3. The molecule has 0 saturated carbocycles. The quantitative estimate of drug-likeness (QED) is 0.304. The van der Waals surface area contributed by atoms with Gasteiger partial charge in [0.05, 0.1) is 17.6 Å². The third-order valence-corrected chi connectivity index (χ3v) is 6.53. The van der Waals surface area contributed by atoms with Crippen LogP contribution in [-0.2, 0) is 10.0 Å². The Bertz CT molecular complexity index is 1020. The van der Waals surface area contributed by atoms with Gasteiger partial charge in [-0.05, 0) is 54.5 Å². The summed E-state index contributed by atoms with van der Waals surface area (Å²) in [6.45, 7) is 4.82. The van der Waals surface area contributed by atoms with E-state index < -0.39 is 10.0 Å². The first-order chi connectivity index (χ1) is 14.4. The smallest absolute Gasteiger partial charge is 0.243 e. The van der Waals surface area contributed by atoms with Gasteiger partial charge in [-0.25, -0.2) is 8.42 Å². The van der Waals surface area contributed by atoms with Crippen LogP contribution in [0.3, 0.4) is 0 Å². The van der Waals surface area contributed by atoms with E-state index in [1.165, 1.54) is 34.6 Å². The van der Waals surface area contributed by atoms with E-state index in [1.54, 1.807) is 19.9 Å². The molecule has 2 aromatic rings. The summed E-state index contributed by atoms with van der Waals surface area (Å²) in [6, 6.07) is 15.4. The van der Waals surface area contributed by atoms with Crippen molar-refractivity contribution in [3.05, 3.63) is 65.7 Å². The van der Waals surface area contributed by atoms with Gasteiger partial charge < -0.3 is 4.74 Å². The number of unbranched alkanes of at least 4 members (excludes halogenated alkanes) is 1. The van der Waals surface area contributed by atoms with Gasteiger partial charge in [0.15, 0.2) is 5.78 Å². The highest BCUT2D eigenvalue weighted by molar-refractivity contribution is 7.89. The summed E-state index contributed by atoms with van der Waals surface area (Å²) in [5.74, 6) is 0.454. The zero-order valence-corrected chi connectivity index (χ0v) is 18.1. The van der Waals surface area contributed by atoms with Crippen molar-refractivity contribution in [2.75, 3.05) is 19.7 Å². The van der Waals surface area contributed by atoms with Gasteiger partial charge in [-0.15, -0.1) is 0 Å². The van der Waals surface area contributed by atoms with Crippen molar-refractivity contribution in [3.8, 4) is 11.8 Å². The molecule has 0 N–H and O–H groups in total. The number of benzene rings is 2. The standard InChI is InChI=1S/C23H26N2O4S/c1-3-25(4-2)30(27,28)22-13-11-20(12-14-22)23(26)15-10-19-8-7-9-21(18-19)29-17-6-5-16-24/h7-15,18H,3-6,17H2,1-2H3/b15-10+. The largest absolute Gasteiger partial charge is 0.494 e. The Kier molecular flexibility index (Phi) is 8.78. The fourth-order valence-corrected chi connectivity index (χ4v) is 4.28. The molecule has 0 aliphatic heterocycles. The molecule has 0 saturated heterocycles. The van der Waals surface area contributed by atoms with Gasteiger partial charge in [0.1, 0.15) is 5.75 Å². The average Bonchev–Trinajstić information content (AvgIpc) is 2.76. The van der Waals surface area contributed by atoms with E-state index in [9.17, 15) is 13.2 Å². The second kappa shape index (κ2) is 11.3. The minimum atomic E-state index is -3.54. The summed E-state index contributed by atoms with van der Waals surface area (Å²) in [6.07, 6.45) is 4.24. The van der Waals surface area contributed by atoms with E-state index in [1.807, 2.05) is 24.3 Å². The van der Waals surface area contributed by atoms with Crippen LogP contribution in [0, 0.1) is 11.3 Å². The van der Waals surface area contributed by atoms with Crippen molar-refractivity contribution >= 4 is 21.9 Å². The lowest BCUT2D eigenvalue weighted by Crippen LogP contribution is -2.30. The molecule has 0 aromatic heterocycles. The van der Waals surface area contributed by atoms with Crippen LogP contribution in [0.25, 0.3) is 6.08 Å². The normalized spacial score (nSPS) is 11.5. The molecule has 2 rings (SSSR count). The number of hydrogen-bond acceptors (Lipinski definition) is 5. The number of hydrogen-bond donors (Lipinski definition) is 0. The van der Waals surface area contributed by atoms with Crippen molar-refractivity contribution in [1.82, 2.24) is 4.31 Å². The van der Waals surface area contributed by atoms with Crippen LogP contribution >= 0.6 is 0 Å². The first kappa shape index (κ1) is 23.3. The minimum absolute atomic E-state index is 0.174. The lowest BCUT2D eigenvalue weighted by Gasteiger charge is -2.18. The van der Waals surface area contributed by atoms with Gasteiger partial charge in [-0.3, -0.25) is 4.79 Å². The van der Waals surface area contributed by atoms with Crippen LogP contribution in [0.5, 0.6) is 5.75 Å². The number of nitriles is 1. The SMILES string of the molecule is CCN(CC)S(=O)(=O)c1ccc(C(=O)/C=C/c2cccc(OCCCC#N)c2)cc1. The monoisotopic (exact) mass is 426 g/mol. The molecule has 0 spiro atoms. The fourth-order valence-electron chi connectivity index (χ4n) is 2.82. The van der Waals surface area contributed by atoms with Gasteiger partial charge in [-0.1, -0.05) is 32.1 Å². The lowest BCUT2D eigenvalue weighted by molar-refractivity contribution is 0.104. The van der Waals surface area contributed by atoms with E-state index >= 15 is 0 Å². The molecule has 2 aromatic carbocycles. The van der Waals surface area contributed by atoms with Crippen molar-refractivity contribution in [1.29, 1.82) is 5.26 Å². The molecule has 6 nitrogen and oxygen atoms in total. The van der Waals surface area contributed by atoms with Crippen LogP contribution in [0.1, 0.15) is 42.6 Å². The molecule has 0 bridgehead atoms.